The highest BCUT2D eigenvalue weighted by atomic mass is 14.9. The van der Waals surface area contributed by atoms with Gasteiger partial charge in [0.05, 0.1) is 0 Å². The first-order valence-corrected chi connectivity index (χ1v) is 7.06. The molecule has 1 heteroatoms. The van der Waals surface area contributed by atoms with Crippen LogP contribution < -0.4 is 0 Å². The van der Waals surface area contributed by atoms with Gasteiger partial charge in [0.15, 0.2) is 0 Å². The molecule has 2 rings (SSSR count). The SMILES string of the molecule is CC(C)c1ccn2c(C(C)C)cc(C(C)C)c2c1. The second kappa shape index (κ2) is 4.79. The van der Waals surface area contributed by atoms with Gasteiger partial charge in [0, 0.05) is 17.4 Å². The fourth-order valence-electron chi connectivity index (χ4n) is 2.53. The van der Waals surface area contributed by atoms with Crippen molar-refractivity contribution in [2.24, 2.45) is 0 Å². The van der Waals surface area contributed by atoms with Crippen LogP contribution in [0.25, 0.3) is 5.52 Å². The normalized spacial score (nSPS) is 12.3. The molecule has 1 nitrogen and oxygen atoms in total. The van der Waals surface area contributed by atoms with Crippen molar-refractivity contribution < 1.29 is 0 Å². The van der Waals surface area contributed by atoms with Crippen molar-refractivity contribution in [2.75, 3.05) is 0 Å². The van der Waals surface area contributed by atoms with E-state index in [4.69, 9.17) is 0 Å². The number of hydrogen-bond donors (Lipinski definition) is 0. The van der Waals surface area contributed by atoms with Crippen molar-refractivity contribution in [2.45, 2.75) is 59.3 Å². The van der Waals surface area contributed by atoms with Crippen LogP contribution in [0.2, 0.25) is 0 Å². The van der Waals surface area contributed by atoms with E-state index < -0.39 is 0 Å². The summed E-state index contributed by atoms with van der Waals surface area (Å²) in [6.07, 6.45) is 2.24. The smallest absolute Gasteiger partial charge is 0.0490 e. The van der Waals surface area contributed by atoms with Crippen molar-refractivity contribution in [3.8, 4) is 0 Å². The third-order valence-corrected chi connectivity index (χ3v) is 3.74. The molecule has 18 heavy (non-hydrogen) atoms. The van der Waals surface area contributed by atoms with Gasteiger partial charge >= 0.3 is 0 Å². The third kappa shape index (κ3) is 2.19. The molecule has 0 aromatic carbocycles. The van der Waals surface area contributed by atoms with E-state index in [0.717, 1.165) is 0 Å². The Balaban J connectivity index is 2.71. The molecule has 0 radical (unpaired) electrons. The number of rotatable bonds is 3. The van der Waals surface area contributed by atoms with Crippen molar-refractivity contribution in [3.05, 3.63) is 41.2 Å². The van der Waals surface area contributed by atoms with Crippen LogP contribution in [0.5, 0.6) is 0 Å². The quantitative estimate of drug-likeness (QED) is 0.688. The summed E-state index contributed by atoms with van der Waals surface area (Å²) in [6, 6.07) is 7.01. The lowest BCUT2D eigenvalue weighted by Gasteiger charge is -2.10. The van der Waals surface area contributed by atoms with E-state index in [2.05, 4.69) is 70.3 Å². The molecule has 0 bridgehead atoms. The van der Waals surface area contributed by atoms with Gasteiger partial charge < -0.3 is 4.40 Å². The average molecular weight is 243 g/mol. The molecule has 2 heterocycles. The van der Waals surface area contributed by atoms with Gasteiger partial charge in [-0.1, -0.05) is 41.5 Å². The molecule has 0 fully saturated rings. The van der Waals surface area contributed by atoms with Crippen LogP contribution in [-0.2, 0) is 0 Å². The first-order valence-electron chi connectivity index (χ1n) is 7.06. The Bertz CT molecular complexity index is 544. The molecule has 0 aliphatic carbocycles. The zero-order valence-electron chi connectivity index (χ0n) is 12.5. The second-order valence-electron chi connectivity index (χ2n) is 6.20. The van der Waals surface area contributed by atoms with E-state index in [1.54, 1.807) is 0 Å². The lowest BCUT2D eigenvalue weighted by molar-refractivity contribution is 0.804. The lowest BCUT2D eigenvalue weighted by Crippen LogP contribution is -1.96. The third-order valence-electron chi connectivity index (χ3n) is 3.74. The molecule has 0 N–H and O–H groups in total. The molecule has 0 saturated carbocycles. The monoisotopic (exact) mass is 243 g/mol. The van der Waals surface area contributed by atoms with Crippen LogP contribution in [0.3, 0.4) is 0 Å². The summed E-state index contributed by atoms with van der Waals surface area (Å²) in [5.74, 6) is 1.73. The number of fused-ring (bicyclic) bond motifs is 1. The number of aromatic nitrogens is 1. The highest BCUT2D eigenvalue weighted by molar-refractivity contribution is 5.61. The van der Waals surface area contributed by atoms with Gasteiger partial charge in [-0.25, -0.2) is 0 Å². The van der Waals surface area contributed by atoms with Gasteiger partial charge in [0.1, 0.15) is 0 Å². The minimum atomic E-state index is 0.565. The summed E-state index contributed by atoms with van der Waals surface area (Å²) in [7, 11) is 0. The van der Waals surface area contributed by atoms with Crippen LogP contribution in [0.1, 0.15) is 76.1 Å². The summed E-state index contributed by atoms with van der Waals surface area (Å²) >= 11 is 0. The first kappa shape index (κ1) is 13.2. The van der Waals surface area contributed by atoms with E-state index in [-0.39, 0.29) is 0 Å². The largest absolute Gasteiger partial charge is 0.320 e. The Hall–Kier alpha value is -1.24. The molecule has 0 spiro atoms. The Labute approximate surface area is 111 Å². The van der Waals surface area contributed by atoms with Crippen LogP contribution in [0.4, 0.5) is 0 Å². The highest BCUT2D eigenvalue weighted by Crippen LogP contribution is 2.30. The van der Waals surface area contributed by atoms with E-state index in [1.165, 1.54) is 22.3 Å². The fourth-order valence-corrected chi connectivity index (χ4v) is 2.53. The molecule has 0 unspecified atom stereocenters. The van der Waals surface area contributed by atoms with Gasteiger partial charge in [-0.15, -0.1) is 0 Å². The molecular weight excluding hydrogens is 218 g/mol. The minimum Gasteiger partial charge on any atom is -0.320 e. The highest BCUT2D eigenvalue weighted by Gasteiger charge is 2.14. The topological polar surface area (TPSA) is 4.41 Å². The van der Waals surface area contributed by atoms with Crippen LogP contribution in [0, 0.1) is 0 Å². The van der Waals surface area contributed by atoms with Gasteiger partial charge in [-0.2, -0.15) is 0 Å². The zero-order chi connectivity index (χ0) is 13.4. The number of nitrogens with zero attached hydrogens (tertiary/aromatic N) is 1. The van der Waals surface area contributed by atoms with Crippen molar-refractivity contribution in [1.29, 1.82) is 0 Å². The average Bonchev–Trinajstić information content (AvgIpc) is 2.67. The molecule has 0 aliphatic heterocycles. The Kier molecular flexibility index (Phi) is 3.52. The molecule has 2 aromatic heterocycles. The maximum atomic E-state index is 2.38. The molecule has 0 aliphatic rings. The van der Waals surface area contributed by atoms with Gasteiger partial charge in [0.25, 0.3) is 0 Å². The van der Waals surface area contributed by atoms with E-state index in [0.29, 0.717) is 17.8 Å². The van der Waals surface area contributed by atoms with E-state index >= 15 is 0 Å². The van der Waals surface area contributed by atoms with Gasteiger partial charge in [-0.3, -0.25) is 0 Å². The summed E-state index contributed by atoms with van der Waals surface area (Å²) in [5, 5.41) is 0. The van der Waals surface area contributed by atoms with E-state index in [1.807, 2.05) is 0 Å². The lowest BCUT2D eigenvalue weighted by atomic mass is 10.0. The number of pyridine rings is 1. The first-order chi connectivity index (χ1) is 8.41. The molecule has 0 amide bonds. The molecule has 0 atom stereocenters. The van der Waals surface area contributed by atoms with Crippen LogP contribution >= 0.6 is 0 Å². The summed E-state index contributed by atoms with van der Waals surface area (Å²) in [4.78, 5) is 0. The maximum Gasteiger partial charge on any atom is 0.0490 e. The molecule has 2 aromatic rings. The van der Waals surface area contributed by atoms with Crippen molar-refractivity contribution >= 4 is 5.52 Å². The predicted molar refractivity (Wildman–Crippen MR) is 79.7 cm³/mol. The van der Waals surface area contributed by atoms with Gasteiger partial charge in [-0.05, 0) is 47.1 Å². The standard InChI is InChI=1S/C17H25N/c1-11(2)14-7-8-18-16(13(5)6)10-15(12(3)4)17(18)9-14/h7-13H,1-6H3. The number of hydrogen-bond acceptors (Lipinski definition) is 0. The Morgan fingerprint density at radius 1 is 0.833 bits per heavy atom. The Morgan fingerprint density at radius 3 is 2.00 bits per heavy atom. The molecular formula is C17H25N. The maximum absolute atomic E-state index is 2.38. The molecule has 98 valence electrons. The van der Waals surface area contributed by atoms with E-state index in [9.17, 15) is 0 Å². The summed E-state index contributed by atoms with van der Waals surface area (Å²) < 4.78 is 2.37. The second-order valence-corrected chi connectivity index (χ2v) is 6.20. The Morgan fingerprint density at radius 2 is 1.50 bits per heavy atom. The van der Waals surface area contributed by atoms with Crippen LogP contribution in [-0.4, -0.2) is 4.40 Å². The summed E-state index contributed by atoms with van der Waals surface area (Å²) in [5.41, 5.74) is 5.71. The summed E-state index contributed by atoms with van der Waals surface area (Å²) in [6.45, 7) is 13.6. The fraction of sp³-hybridized carbons (Fsp3) is 0.529. The van der Waals surface area contributed by atoms with Gasteiger partial charge in [0.2, 0.25) is 0 Å². The minimum absolute atomic E-state index is 0.565. The molecule has 0 saturated heterocycles. The predicted octanol–water partition coefficient (Wildman–Crippen LogP) is 5.31. The van der Waals surface area contributed by atoms with Crippen LogP contribution in [0.15, 0.2) is 24.4 Å². The van der Waals surface area contributed by atoms with Crippen molar-refractivity contribution in [1.82, 2.24) is 4.40 Å². The zero-order valence-corrected chi connectivity index (χ0v) is 12.5. The van der Waals surface area contributed by atoms with Crippen molar-refractivity contribution in [3.63, 3.8) is 0 Å².